The van der Waals surface area contributed by atoms with Crippen molar-refractivity contribution >= 4 is 21.7 Å². The molecule has 0 saturated carbocycles. The molecule has 11 heteroatoms. The van der Waals surface area contributed by atoms with E-state index in [-0.39, 0.29) is 22.8 Å². The molecule has 0 bridgehead atoms. The predicted molar refractivity (Wildman–Crippen MR) is 122 cm³/mol. The number of carbonyl (C=O) groups excluding carboxylic acids is 2. The number of amides is 2. The summed E-state index contributed by atoms with van der Waals surface area (Å²) < 4.78 is 65.0. The zero-order chi connectivity index (χ0) is 25.7. The molecule has 7 nitrogen and oxygen atoms in total. The van der Waals surface area contributed by atoms with Crippen molar-refractivity contribution in [2.75, 3.05) is 12.8 Å². The van der Waals surface area contributed by atoms with E-state index in [0.29, 0.717) is 11.1 Å². The van der Waals surface area contributed by atoms with E-state index in [1.54, 1.807) is 26.0 Å². The average molecular weight is 500 g/mol. The summed E-state index contributed by atoms with van der Waals surface area (Å²) in [6.45, 7) is 3.06. The average Bonchev–Trinajstić information content (AvgIpc) is 2.73. The molecule has 0 heterocycles. The highest BCUT2D eigenvalue weighted by atomic mass is 32.2. The number of carbonyl (C=O) groups is 2. The predicted octanol–water partition coefficient (Wildman–Crippen LogP) is 2.97. The number of benzene rings is 2. The molecule has 34 heavy (non-hydrogen) atoms. The Bertz CT molecular complexity index is 1100. The summed E-state index contributed by atoms with van der Waals surface area (Å²) in [7, 11) is -3.36. The van der Waals surface area contributed by atoms with Crippen molar-refractivity contribution in [2.45, 2.75) is 43.4 Å². The number of nitrogens with two attached hydrogens (primary N) is 1. The quantitative estimate of drug-likeness (QED) is 0.465. The molecule has 0 aliphatic heterocycles. The summed E-state index contributed by atoms with van der Waals surface area (Å²) in [6, 6.07) is 8.29. The lowest BCUT2D eigenvalue weighted by Gasteiger charge is -2.28. The van der Waals surface area contributed by atoms with Crippen LogP contribution in [0.25, 0.3) is 11.1 Å². The maximum atomic E-state index is 13.9. The van der Waals surface area contributed by atoms with Crippen molar-refractivity contribution in [3.8, 4) is 11.1 Å². The summed E-state index contributed by atoms with van der Waals surface area (Å²) in [5.41, 5.74) is 6.15. The van der Waals surface area contributed by atoms with Gasteiger partial charge in [0.05, 0.1) is 17.5 Å². The lowest BCUT2D eigenvalue weighted by atomic mass is 9.97. The lowest BCUT2D eigenvalue weighted by molar-refractivity contribution is -0.161. The summed E-state index contributed by atoms with van der Waals surface area (Å²) in [5, 5.41) is 4.65. The van der Waals surface area contributed by atoms with Crippen LogP contribution in [-0.2, 0) is 19.4 Å². The third-order valence-corrected chi connectivity index (χ3v) is 6.14. The van der Waals surface area contributed by atoms with Crippen molar-refractivity contribution in [2.24, 2.45) is 11.7 Å². The van der Waals surface area contributed by atoms with Gasteiger partial charge in [0.25, 0.3) is 0 Å². The maximum Gasteiger partial charge on any atom is 0.407 e. The highest BCUT2D eigenvalue weighted by Gasteiger charge is 2.42. The van der Waals surface area contributed by atoms with Crippen LogP contribution in [0.5, 0.6) is 0 Å². The van der Waals surface area contributed by atoms with E-state index in [0.717, 1.165) is 6.26 Å². The summed E-state index contributed by atoms with van der Waals surface area (Å²) in [5.74, 6) is -1.64. The van der Waals surface area contributed by atoms with Crippen LogP contribution in [0, 0.1) is 5.92 Å². The molecule has 0 spiro atoms. The van der Waals surface area contributed by atoms with Gasteiger partial charge in [-0.05, 0) is 41.2 Å². The standard InChI is InChI=1S/C23H28F3N3O4S/c1-14(2)12-19(22(31)28-13-20(27)30)29-21(23(24,25)26)17-6-4-15(5-7-17)16-8-10-18(11-9-16)34(3,32)33/h4-11,14,19,21,29H,12-13H2,1-3H3,(H2,27,30)(H,28,31). The van der Waals surface area contributed by atoms with Gasteiger partial charge in [-0.1, -0.05) is 50.2 Å². The molecule has 2 amide bonds. The van der Waals surface area contributed by atoms with Gasteiger partial charge < -0.3 is 11.1 Å². The SMILES string of the molecule is CC(C)CC(NC(c1ccc(-c2ccc(S(C)(=O)=O)cc2)cc1)C(F)(F)F)C(=O)NCC(N)=O. The van der Waals surface area contributed by atoms with Crippen LogP contribution < -0.4 is 16.4 Å². The Morgan fingerprint density at radius 2 is 1.47 bits per heavy atom. The molecule has 2 unspecified atom stereocenters. The molecule has 2 atom stereocenters. The number of primary amides is 1. The second-order valence-corrected chi connectivity index (χ2v) is 10.4. The molecule has 2 aromatic rings. The van der Waals surface area contributed by atoms with E-state index in [1.165, 1.54) is 36.4 Å². The van der Waals surface area contributed by atoms with Crippen LogP contribution >= 0.6 is 0 Å². The van der Waals surface area contributed by atoms with E-state index in [9.17, 15) is 31.2 Å². The first-order chi connectivity index (χ1) is 15.7. The minimum atomic E-state index is -4.70. The van der Waals surface area contributed by atoms with Crippen molar-refractivity contribution in [3.63, 3.8) is 0 Å². The monoisotopic (exact) mass is 499 g/mol. The Labute approximate surface area is 196 Å². The van der Waals surface area contributed by atoms with E-state index in [2.05, 4.69) is 10.6 Å². The molecule has 0 radical (unpaired) electrons. The largest absolute Gasteiger partial charge is 0.407 e. The normalized spacial score (nSPS) is 14.0. The Kier molecular flexibility index (Phi) is 8.84. The van der Waals surface area contributed by atoms with Crippen molar-refractivity contribution < 1.29 is 31.2 Å². The summed E-state index contributed by atoms with van der Waals surface area (Å²) in [6.07, 6.45) is -3.50. The lowest BCUT2D eigenvalue weighted by Crippen LogP contribution is -2.50. The molecule has 0 aromatic heterocycles. The van der Waals surface area contributed by atoms with Gasteiger partial charge in [-0.15, -0.1) is 0 Å². The van der Waals surface area contributed by atoms with Crippen LogP contribution in [0.3, 0.4) is 0 Å². The fourth-order valence-corrected chi connectivity index (χ4v) is 3.99. The van der Waals surface area contributed by atoms with Crippen LogP contribution in [0.4, 0.5) is 13.2 Å². The van der Waals surface area contributed by atoms with Crippen molar-refractivity contribution in [1.82, 2.24) is 10.6 Å². The first-order valence-electron chi connectivity index (χ1n) is 10.5. The first kappa shape index (κ1) is 27.3. The Morgan fingerprint density at radius 3 is 1.88 bits per heavy atom. The van der Waals surface area contributed by atoms with Crippen molar-refractivity contribution in [1.29, 1.82) is 0 Å². The Morgan fingerprint density at radius 1 is 0.971 bits per heavy atom. The number of rotatable bonds is 10. The van der Waals surface area contributed by atoms with E-state index in [1.807, 2.05) is 0 Å². The van der Waals surface area contributed by atoms with Gasteiger partial charge in [0.1, 0.15) is 6.04 Å². The molecule has 4 N–H and O–H groups in total. The van der Waals surface area contributed by atoms with Gasteiger partial charge >= 0.3 is 6.18 Å². The Balaban J connectivity index is 2.30. The number of nitrogens with one attached hydrogen (secondary N) is 2. The number of alkyl halides is 3. The number of sulfone groups is 1. The molecule has 2 aromatic carbocycles. The molecule has 0 aliphatic rings. The number of halogens is 3. The molecular weight excluding hydrogens is 471 g/mol. The third kappa shape index (κ3) is 7.84. The van der Waals surface area contributed by atoms with E-state index >= 15 is 0 Å². The molecule has 0 fully saturated rings. The van der Waals surface area contributed by atoms with Gasteiger partial charge in [0, 0.05) is 6.26 Å². The third-order valence-electron chi connectivity index (χ3n) is 5.02. The topological polar surface area (TPSA) is 118 Å². The van der Waals surface area contributed by atoms with Crippen LogP contribution in [0.2, 0.25) is 0 Å². The highest BCUT2D eigenvalue weighted by molar-refractivity contribution is 7.90. The fourth-order valence-electron chi connectivity index (χ4n) is 3.36. The molecular formula is C23H28F3N3O4S. The first-order valence-corrected chi connectivity index (χ1v) is 12.4. The van der Waals surface area contributed by atoms with Gasteiger partial charge in [-0.2, -0.15) is 13.2 Å². The minimum absolute atomic E-state index is 0.0944. The minimum Gasteiger partial charge on any atom is -0.368 e. The molecule has 2 rings (SSSR count). The van der Waals surface area contributed by atoms with Gasteiger partial charge in [-0.3, -0.25) is 14.9 Å². The van der Waals surface area contributed by atoms with Crippen LogP contribution in [-0.4, -0.2) is 45.3 Å². The number of hydrogen-bond acceptors (Lipinski definition) is 5. The number of hydrogen-bond donors (Lipinski definition) is 3. The van der Waals surface area contributed by atoms with Gasteiger partial charge in [0.15, 0.2) is 9.84 Å². The van der Waals surface area contributed by atoms with E-state index < -0.39 is 46.5 Å². The molecule has 186 valence electrons. The van der Waals surface area contributed by atoms with Gasteiger partial charge in [-0.25, -0.2) is 8.42 Å². The zero-order valence-electron chi connectivity index (χ0n) is 19.0. The van der Waals surface area contributed by atoms with Crippen LogP contribution in [0.1, 0.15) is 31.9 Å². The second kappa shape index (κ2) is 11.0. The van der Waals surface area contributed by atoms with E-state index in [4.69, 9.17) is 5.73 Å². The fraction of sp³-hybridized carbons (Fsp3) is 0.391. The maximum absolute atomic E-state index is 13.9. The van der Waals surface area contributed by atoms with Crippen molar-refractivity contribution in [3.05, 3.63) is 54.1 Å². The second-order valence-electron chi connectivity index (χ2n) is 8.43. The molecule has 0 aliphatic carbocycles. The zero-order valence-corrected chi connectivity index (χ0v) is 19.8. The van der Waals surface area contributed by atoms with Crippen LogP contribution in [0.15, 0.2) is 53.4 Å². The molecule has 0 saturated heterocycles. The summed E-state index contributed by atoms with van der Waals surface area (Å²) >= 11 is 0. The smallest absolute Gasteiger partial charge is 0.368 e. The summed E-state index contributed by atoms with van der Waals surface area (Å²) in [4.78, 5) is 23.5. The van der Waals surface area contributed by atoms with Gasteiger partial charge in [0.2, 0.25) is 11.8 Å². The highest BCUT2D eigenvalue weighted by Crippen LogP contribution is 2.34. The Hall–Kier alpha value is -2.92.